The monoisotopic (exact) mass is 363 g/mol. The van der Waals surface area contributed by atoms with Crippen LogP contribution in [0, 0.1) is 0 Å². The molecule has 0 saturated carbocycles. The number of rotatable bonds is 9. The van der Waals surface area contributed by atoms with E-state index in [1.807, 2.05) is 48.5 Å². The summed E-state index contributed by atoms with van der Waals surface area (Å²) in [7, 11) is -3.65. The van der Waals surface area contributed by atoms with E-state index >= 15 is 0 Å². The van der Waals surface area contributed by atoms with Crippen LogP contribution in [0.2, 0.25) is 0 Å². The van der Waals surface area contributed by atoms with Crippen molar-refractivity contribution in [3.05, 3.63) is 60.2 Å². The minimum atomic E-state index is -3.65. The molecule has 0 heterocycles. The summed E-state index contributed by atoms with van der Waals surface area (Å²) < 4.78 is 18.2. The molecule has 0 spiro atoms. The fraction of sp³-hybridized carbons (Fsp3) is 0.278. The molecule has 6 nitrogen and oxygen atoms in total. The third-order valence-corrected chi connectivity index (χ3v) is 5.98. The number of aliphatic carboxylic acids is 1. The van der Waals surface area contributed by atoms with Crippen LogP contribution in [0.4, 0.5) is 0 Å². The Labute approximate surface area is 146 Å². The van der Waals surface area contributed by atoms with Crippen LogP contribution in [0.1, 0.15) is 18.4 Å². The highest BCUT2D eigenvalue weighted by Gasteiger charge is 2.28. The maximum atomic E-state index is 12.4. The number of ether oxygens (including phenoxy) is 1. The van der Waals surface area contributed by atoms with E-state index in [1.54, 1.807) is 6.07 Å². The van der Waals surface area contributed by atoms with Gasteiger partial charge in [0.1, 0.15) is 11.5 Å². The topological polar surface area (TPSA) is 110 Å². The van der Waals surface area contributed by atoms with Crippen LogP contribution in [0.3, 0.4) is 0 Å². The van der Waals surface area contributed by atoms with Crippen LogP contribution in [-0.2, 0) is 15.8 Å². The van der Waals surface area contributed by atoms with Gasteiger partial charge in [-0.3, -0.25) is 9.36 Å². The van der Waals surface area contributed by atoms with E-state index in [-0.39, 0.29) is 19.0 Å². The van der Waals surface area contributed by atoms with Gasteiger partial charge >= 0.3 is 5.97 Å². The quantitative estimate of drug-likeness (QED) is 0.589. The average Bonchev–Trinajstić information content (AvgIpc) is 2.59. The molecule has 0 bridgehead atoms. The summed E-state index contributed by atoms with van der Waals surface area (Å²) in [4.78, 5) is 20.7. The number of nitrogens with two attached hydrogens (primary N) is 1. The number of carbonyl (C=O) groups is 1. The second-order valence-corrected chi connectivity index (χ2v) is 8.37. The maximum Gasteiger partial charge on any atom is 0.303 e. The summed E-state index contributed by atoms with van der Waals surface area (Å²) in [6.45, 7) is 0. The fourth-order valence-electron chi connectivity index (χ4n) is 2.34. The lowest BCUT2D eigenvalue weighted by molar-refractivity contribution is -0.137. The zero-order chi connectivity index (χ0) is 18.3. The molecule has 2 aromatic carbocycles. The first-order valence-electron chi connectivity index (χ1n) is 7.98. The van der Waals surface area contributed by atoms with Crippen molar-refractivity contribution in [3.63, 3.8) is 0 Å². The lowest BCUT2D eigenvalue weighted by Crippen LogP contribution is -2.23. The molecule has 0 aliphatic heterocycles. The third-order valence-electron chi connectivity index (χ3n) is 3.82. The maximum absolute atomic E-state index is 12.4. The highest BCUT2D eigenvalue weighted by Crippen LogP contribution is 2.46. The summed E-state index contributed by atoms with van der Waals surface area (Å²) in [5.41, 5.74) is 6.52. The average molecular weight is 363 g/mol. The molecule has 0 amide bonds. The predicted octanol–water partition coefficient (Wildman–Crippen LogP) is 3.44. The van der Waals surface area contributed by atoms with Crippen molar-refractivity contribution in [1.82, 2.24) is 0 Å². The number of para-hydroxylation sites is 2. The molecule has 2 rings (SSSR count). The minimum absolute atomic E-state index is 0.0225. The van der Waals surface area contributed by atoms with Crippen LogP contribution in [0.5, 0.6) is 11.5 Å². The smallest absolute Gasteiger partial charge is 0.303 e. The summed E-state index contributed by atoms with van der Waals surface area (Å²) in [6.07, 6.45) is 0.0468. The first-order chi connectivity index (χ1) is 11.9. The minimum Gasteiger partial charge on any atom is -0.481 e. The molecule has 0 aliphatic rings. The van der Waals surface area contributed by atoms with Crippen molar-refractivity contribution in [1.29, 1.82) is 0 Å². The van der Waals surface area contributed by atoms with E-state index in [1.165, 1.54) is 0 Å². The second-order valence-electron chi connectivity index (χ2n) is 5.75. The molecule has 0 aromatic heterocycles. The Morgan fingerprint density at radius 1 is 1.12 bits per heavy atom. The fourth-order valence-corrected chi connectivity index (χ4v) is 3.77. The van der Waals surface area contributed by atoms with Crippen molar-refractivity contribution < 1.29 is 24.1 Å². The van der Waals surface area contributed by atoms with E-state index < -0.39 is 19.1 Å². The van der Waals surface area contributed by atoms with E-state index in [0.717, 1.165) is 5.56 Å². The van der Waals surface area contributed by atoms with Crippen LogP contribution < -0.4 is 10.5 Å². The number of carboxylic acid groups (broad SMARTS) is 1. The van der Waals surface area contributed by atoms with Gasteiger partial charge in [-0.15, -0.1) is 0 Å². The molecule has 4 N–H and O–H groups in total. The molecule has 134 valence electrons. The summed E-state index contributed by atoms with van der Waals surface area (Å²) in [6, 6.07) is 16.6. The van der Waals surface area contributed by atoms with E-state index in [9.17, 15) is 14.3 Å². The number of hydrogen-bond donors (Lipinski definition) is 3. The Bertz CT molecular complexity index is 750. The van der Waals surface area contributed by atoms with Gasteiger partial charge in [0, 0.05) is 12.6 Å². The largest absolute Gasteiger partial charge is 0.481 e. The third kappa shape index (κ3) is 6.02. The van der Waals surface area contributed by atoms with E-state index in [0.29, 0.717) is 17.9 Å². The molecule has 2 unspecified atom stereocenters. The van der Waals surface area contributed by atoms with Gasteiger partial charge in [-0.1, -0.05) is 36.4 Å². The highest BCUT2D eigenvalue weighted by molar-refractivity contribution is 7.58. The second kappa shape index (κ2) is 8.81. The van der Waals surface area contributed by atoms with Gasteiger partial charge in [-0.2, -0.15) is 0 Å². The zero-order valence-corrected chi connectivity index (χ0v) is 14.6. The molecule has 0 saturated heterocycles. The first kappa shape index (κ1) is 19.2. The van der Waals surface area contributed by atoms with E-state index in [4.69, 9.17) is 15.6 Å². The van der Waals surface area contributed by atoms with Gasteiger partial charge in [-0.25, -0.2) is 0 Å². The van der Waals surface area contributed by atoms with Crippen molar-refractivity contribution in [3.8, 4) is 11.5 Å². The van der Waals surface area contributed by atoms with Gasteiger partial charge < -0.3 is 20.5 Å². The normalized spacial score (nSPS) is 14.5. The molecule has 7 heteroatoms. The molecule has 0 aliphatic carbocycles. The predicted molar refractivity (Wildman–Crippen MR) is 96.2 cm³/mol. The molecule has 0 radical (unpaired) electrons. The first-order valence-corrected chi connectivity index (χ1v) is 9.89. The van der Waals surface area contributed by atoms with Crippen molar-refractivity contribution >= 4 is 13.3 Å². The van der Waals surface area contributed by atoms with Crippen molar-refractivity contribution in [2.75, 3.05) is 6.16 Å². The molecular formula is C18H22NO5P. The summed E-state index contributed by atoms with van der Waals surface area (Å²) in [5, 5.41) is 8.67. The lowest BCUT2D eigenvalue weighted by Gasteiger charge is -2.19. The number of carboxylic acids is 1. The Hall–Kier alpha value is -2.14. The Kier molecular flexibility index (Phi) is 6.76. The molecule has 25 heavy (non-hydrogen) atoms. The number of benzene rings is 2. The SMILES string of the molecule is NC(CCC(=O)O)P(=O)(O)CCc1ccccc1Oc1ccccc1. The number of aryl methyl sites for hydroxylation is 1. The highest BCUT2D eigenvalue weighted by atomic mass is 31.2. The zero-order valence-electron chi connectivity index (χ0n) is 13.7. The summed E-state index contributed by atoms with van der Waals surface area (Å²) in [5.74, 6) is -0.768. The van der Waals surface area contributed by atoms with Crippen LogP contribution >= 0.6 is 7.37 Å². The Balaban J connectivity index is 2.03. The molecule has 0 fully saturated rings. The van der Waals surface area contributed by atoms with Crippen molar-refractivity contribution in [2.45, 2.75) is 25.0 Å². The van der Waals surface area contributed by atoms with Crippen LogP contribution in [0.25, 0.3) is 0 Å². The van der Waals surface area contributed by atoms with Gasteiger partial charge in [0.2, 0.25) is 7.37 Å². The van der Waals surface area contributed by atoms with Gasteiger partial charge in [0.25, 0.3) is 0 Å². The van der Waals surface area contributed by atoms with Gasteiger partial charge in [0.05, 0.1) is 5.78 Å². The van der Waals surface area contributed by atoms with Crippen LogP contribution in [0.15, 0.2) is 54.6 Å². The number of hydrogen-bond acceptors (Lipinski definition) is 4. The Morgan fingerprint density at radius 3 is 2.44 bits per heavy atom. The standard InChI is InChI=1S/C18H22NO5P/c19-17(10-11-18(20)21)25(22,23)13-12-14-6-4-5-9-16(14)24-15-7-2-1-3-8-15/h1-9,17H,10-13,19H2,(H,20,21)(H,22,23). The van der Waals surface area contributed by atoms with Gasteiger partial charge in [-0.05, 0) is 36.6 Å². The van der Waals surface area contributed by atoms with Crippen molar-refractivity contribution in [2.24, 2.45) is 5.73 Å². The molecule has 2 aromatic rings. The van der Waals surface area contributed by atoms with E-state index in [2.05, 4.69) is 0 Å². The molecular weight excluding hydrogens is 341 g/mol. The lowest BCUT2D eigenvalue weighted by atomic mass is 10.1. The summed E-state index contributed by atoms with van der Waals surface area (Å²) >= 11 is 0. The van der Waals surface area contributed by atoms with Gasteiger partial charge in [0.15, 0.2) is 0 Å². The van der Waals surface area contributed by atoms with Crippen LogP contribution in [-0.4, -0.2) is 27.9 Å². The molecule has 2 atom stereocenters. The Morgan fingerprint density at radius 2 is 1.76 bits per heavy atom.